The molecule has 0 aliphatic rings. The average Bonchev–Trinajstić information content (AvgIpc) is 2.55. The van der Waals surface area contributed by atoms with Crippen molar-refractivity contribution < 1.29 is 21.8 Å². The van der Waals surface area contributed by atoms with Crippen LogP contribution in [0.15, 0.2) is 72.8 Å². The topological polar surface area (TPSA) is 3.88 Å². The van der Waals surface area contributed by atoms with Gasteiger partial charge in [0, 0.05) is 25.1 Å². The van der Waals surface area contributed by atoms with Gasteiger partial charge in [-0.15, -0.1) is 4.57 Å². The predicted molar refractivity (Wildman–Crippen MR) is 93.3 cm³/mol. The third-order valence-electron chi connectivity index (χ3n) is 3.36. The lowest BCUT2D eigenvalue weighted by atomic mass is 10.1. The monoisotopic (exact) mass is 367 g/mol. The Morgan fingerprint density at radius 1 is 0.760 bits per heavy atom. The minimum Gasteiger partial charge on any atom is -0.418 e. The molecule has 2 aromatic carbocycles. The Morgan fingerprint density at radius 2 is 1.24 bits per heavy atom. The summed E-state index contributed by atoms with van der Waals surface area (Å²) in [5.41, 5.74) is 4.36. The van der Waals surface area contributed by atoms with Crippen LogP contribution in [-0.4, -0.2) is 7.25 Å². The highest BCUT2D eigenvalue weighted by atomic mass is 35.5. The summed E-state index contributed by atoms with van der Waals surface area (Å²) in [4.78, 5) is 0. The second-order valence-corrected chi connectivity index (χ2v) is 5.57. The summed E-state index contributed by atoms with van der Waals surface area (Å²) in [7, 11) is -6.00. The number of pyridine rings is 1. The molecule has 0 amide bonds. The van der Waals surface area contributed by atoms with E-state index in [1.165, 1.54) is 0 Å². The first-order chi connectivity index (χ1) is 11.8. The number of aryl methyl sites for hydroxylation is 1. The number of nitrogens with zero attached hydrogens (tertiary/aromatic N) is 1. The summed E-state index contributed by atoms with van der Waals surface area (Å²) < 4.78 is 41.1. The van der Waals surface area contributed by atoms with Gasteiger partial charge in [-0.25, -0.2) is 0 Å². The Kier molecular flexibility index (Phi) is 6.20. The molecule has 0 saturated heterocycles. The van der Waals surface area contributed by atoms with Gasteiger partial charge in [-0.3, -0.25) is 0 Å². The zero-order valence-corrected chi connectivity index (χ0v) is 14.1. The lowest BCUT2D eigenvalue weighted by molar-refractivity contribution is -0.599. The quantitative estimate of drug-likeness (QED) is 0.230. The van der Waals surface area contributed by atoms with Crippen molar-refractivity contribution in [1.82, 2.24) is 0 Å². The Morgan fingerprint density at radius 3 is 1.76 bits per heavy atom. The van der Waals surface area contributed by atoms with Crippen molar-refractivity contribution in [2.24, 2.45) is 0 Å². The molecule has 25 heavy (non-hydrogen) atoms. The number of benzene rings is 2. The summed E-state index contributed by atoms with van der Waals surface area (Å²) in [5, 5.41) is 0.738. The first-order valence-corrected chi connectivity index (χ1v) is 7.84. The van der Waals surface area contributed by atoms with E-state index in [1.807, 2.05) is 36.4 Å². The Balaban J connectivity index is 0.000000399. The maximum absolute atomic E-state index is 9.75. The van der Waals surface area contributed by atoms with E-state index in [2.05, 4.69) is 47.9 Å². The van der Waals surface area contributed by atoms with Gasteiger partial charge in [0.25, 0.3) is 5.15 Å². The number of para-hydroxylation sites is 1. The molecule has 3 aromatic rings. The van der Waals surface area contributed by atoms with Crippen molar-refractivity contribution in [1.29, 1.82) is 0 Å². The molecule has 0 saturated carbocycles. The largest absolute Gasteiger partial charge is 0.673 e. The predicted octanol–water partition coefficient (Wildman–Crippen LogP) is 5.89. The van der Waals surface area contributed by atoms with E-state index < -0.39 is 7.25 Å². The van der Waals surface area contributed by atoms with E-state index in [4.69, 9.17) is 11.6 Å². The van der Waals surface area contributed by atoms with Crippen LogP contribution < -0.4 is 4.57 Å². The molecule has 0 spiro atoms. The van der Waals surface area contributed by atoms with E-state index in [0.717, 1.165) is 27.7 Å². The standard InChI is InChI=1S/C18H15ClN.BF4/c1-14-12-13-17(15-8-4-2-5-9-15)18(19)20(14)16-10-6-3-7-11-16;2-1(3,4)5/h2-13H,1H3;/q+1;-1. The smallest absolute Gasteiger partial charge is 0.418 e. The highest BCUT2D eigenvalue weighted by Crippen LogP contribution is 2.26. The molecule has 1 aromatic heterocycles. The van der Waals surface area contributed by atoms with Crippen LogP contribution in [0.3, 0.4) is 0 Å². The lowest BCUT2D eigenvalue weighted by Gasteiger charge is -2.06. The van der Waals surface area contributed by atoms with Gasteiger partial charge in [0.1, 0.15) is 0 Å². The van der Waals surface area contributed by atoms with Crippen LogP contribution in [0.5, 0.6) is 0 Å². The van der Waals surface area contributed by atoms with Crippen molar-refractivity contribution >= 4 is 18.9 Å². The molecule has 130 valence electrons. The molecule has 0 fully saturated rings. The molecule has 7 heteroatoms. The second kappa shape index (κ2) is 8.16. The van der Waals surface area contributed by atoms with Crippen LogP contribution in [0, 0.1) is 6.92 Å². The number of halogens is 5. The Labute approximate surface area is 148 Å². The van der Waals surface area contributed by atoms with Gasteiger partial charge in [0.2, 0.25) is 5.69 Å². The van der Waals surface area contributed by atoms with Crippen molar-refractivity contribution in [2.45, 2.75) is 6.92 Å². The summed E-state index contributed by atoms with van der Waals surface area (Å²) in [5.74, 6) is 0. The molecule has 3 rings (SSSR count). The molecule has 0 N–H and O–H groups in total. The molecule has 1 nitrogen and oxygen atoms in total. The third kappa shape index (κ3) is 5.60. The molecule has 0 aliphatic carbocycles. The van der Waals surface area contributed by atoms with Crippen molar-refractivity contribution in [2.75, 3.05) is 0 Å². The van der Waals surface area contributed by atoms with Crippen molar-refractivity contribution in [3.8, 4) is 16.8 Å². The second-order valence-electron chi connectivity index (χ2n) is 5.21. The fraction of sp³-hybridized carbons (Fsp3) is 0.0556. The summed E-state index contributed by atoms with van der Waals surface area (Å²) in [6.07, 6.45) is 0. The number of hydrogen-bond donors (Lipinski definition) is 0. The van der Waals surface area contributed by atoms with Gasteiger partial charge in [-0.2, -0.15) is 0 Å². The van der Waals surface area contributed by atoms with Crippen LogP contribution >= 0.6 is 11.6 Å². The zero-order valence-electron chi connectivity index (χ0n) is 13.3. The molecule has 0 atom stereocenters. The average molecular weight is 368 g/mol. The fourth-order valence-electron chi connectivity index (χ4n) is 2.35. The Bertz CT molecular complexity index is 818. The van der Waals surface area contributed by atoms with E-state index >= 15 is 0 Å². The van der Waals surface area contributed by atoms with E-state index in [9.17, 15) is 17.3 Å². The summed E-state index contributed by atoms with van der Waals surface area (Å²) in [6, 6.07) is 24.6. The first kappa shape index (κ1) is 19.0. The maximum Gasteiger partial charge on any atom is 0.673 e. The number of rotatable bonds is 2. The maximum atomic E-state index is 9.75. The molecular weight excluding hydrogens is 352 g/mol. The molecule has 0 unspecified atom stereocenters. The van der Waals surface area contributed by atoms with Crippen LogP contribution in [0.25, 0.3) is 16.8 Å². The summed E-state index contributed by atoms with van der Waals surface area (Å²) in [6.45, 7) is 2.06. The van der Waals surface area contributed by atoms with Gasteiger partial charge in [0.05, 0.1) is 5.56 Å². The third-order valence-corrected chi connectivity index (χ3v) is 3.73. The van der Waals surface area contributed by atoms with Gasteiger partial charge in [-0.1, -0.05) is 48.5 Å². The first-order valence-electron chi connectivity index (χ1n) is 7.46. The van der Waals surface area contributed by atoms with Crippen LogP contribution in [-0.2, 0) is 0 Å². The van der Waals surface area contributed by atoms with Gasteiger partial charge in [-0.05, 0) is 23.2 Å². The highest BCUT2D eigenvalue weighted by molar-refractivity contribution is 6.50. The number of aromatic nitrogens is 1. The normalized spacial score (nSPS) is 10.8. The fourth-order valence-corrected chi connectivity index (χ4v) is 2.75. The molecular formula is C18H15BClF4N. The molecule has 0 aliphatic heterocycles. The highest BCUT2D eigenvalue weighted by Gasteiger charge is 2.21. The zero-order chi connectivity index (χ0) is 18.4. The van der Waals surface area contributed by atoms with E-state index in [1.54, 1.807) is 0 Å². The van der Waals surface area contributed by atoms with Crippen LogP contribution in [0.1, 0.15) is 5.69 Å². The van der Waals surface area contributed by atoms with E-state index in [-0.39, 0.29) is 0 Å². The van der Waals surface area contributed by atoms with Gasteiger partial charge < -0.3 is 17.3 Å². The molecule has 0 bridgehead atoms. The number of hydrogen-bond acceptors (Lipinski definition) is 0. The van der Waals surface area contributed by atoms with Crippen LogP contribution in [0.4, 0.5) is 17.3 Å². The van der Waals surface area contributed by atoms with Gasteiger partial charge in [0.15, 0.2) is 5.69 Å². The van der Waals surface area contributed by atoms with Crippen molar-refractivity contribution in [3.63, 3.8) is 0 Å². The Hall–Kier alpha value is -2.34. The molecule has 0 radical (unpaired) electrons. The van der Waals surface area contributed by atoms with Crippen LogP contribution in [0.2, 0.25) is 5.15 Å². The summed E-state index contributed by atoms with van der Waals surface area (Å²) >= 11 is 6.65. The van der Waals surface area contributed by atoms with Crippen molar-refractivity contribution in [3.05, 3.63) is 83.6 Å². The molecule has 1 heterocycles. The minimum atomic E-state index is -6.00. The van der Waals surface area contributed by atoms with Gasteiger partial charge >= 0.3 is 7.25 Å². The lowest BCUT2D eigenvalue weighted by Crippen LogP contribution is -2.35. The minimum absolute atomic E-state index is 0.738. The van der Waals surface area contributed by atoms with E-state index in [0.29, 0.717) is 0 Å². The SMILES string of the molecule is Cc1ccc(-c2ccccc2)c(Cl)[n+]1-c1ccccc1.F[B-](F)(F)F.